The zero-order valence-electron chi connectivity index (χ0n) is 10.1. The van der Waals surface area contributed by atoms with Gasteiger partial charge in [0.2, 0.25) is 0 Å². The highest BCUT2D eigenvalue weighted by Gasteiger charge is 1.89. The second kappa shape index (κ2) is 11.3. The van der Waals surface area contributed by atoms with E-state index in [1.807, 2.05) is 6.08 Å². The molecule has 0 unspecified atom stereocenters. The fourth-order valence-electron chi connectivity index (χ4n) is 1.34. The number of ketones is 1. The maximum atomic E-state index is 10.5. The normalized spacial score (nSPS) is 10.8. The molecule has 0 aromatic carbocycles. The van der Waals surface area contributed by atoms with Gasteiger partial charge >= 0.3 is 0 Å². The fraction of sp³-hybridized carbons (Fsp3) is 0.769. The van der Waals surface area contributed by atoms with Crippen LogP contribution in [0.25, 0.3) is 0 Å². The van der Waals surface area contributed by atoms with Gasteiger partial charge in [0.25, 0.3) is 0 Å². The van der Waals surface area contributed by atoms with Gasteiger partial charge in [-0.15, -0.1) is 0 Å². The lowest BCUT2D eigenvalue weighted by Gasteiger charge is -1.98. The molecule has 0 amide bonds. The van der Waals surface area contributed by atoms with E-state index >= 15 is 0 Å². The molecule has 0 aromatic heterocycles. The number of carbonyl (C=O) groups is 1. The van der Waals surface area contributed by atoms with E-state index in [2.05, 4.69) is 6.92 Å². The van der Waals surface area contributed by atoms with Crippen LogP contribution in [0.4, 0.5) is 0 Å². The van der Waals surface area contributed by atoms with Crippen molar-refractivity contribution in [3.8, 4) is 0 Å². The molecule has 0 radical (unpaired) electrons. The van der Waals surface area contributed by atoms with Gasteiger partial charge in [-0.1, -0.05) is 39.0 Å². The molecule has 88 valence electrons. The number of carbonyl (C=O) groups excluding carboxylic acids is 1. The molecule has 0 aliphatic rings. The summed E-state index contributed by atoms with van der Waals surface area (Å²) in [6.45, 7) is 3.96. The first-order valence-electron chi connectivity index (χ1n) is 6.03. The minimum absolute atomic E-state index is 0.0687. The molecule has 0 atom stereocenters. The van der Waals surface area contributed by atoms with Crippen molar-refractivity contribution in [2.75, 3.05) is 6.61 Å². The van der Waals surface area contributed by atoms with Crippen LogP contribution in [0.3, 0.4) is 0 Å². The molecule has 0 fully saturated rings. The molecule has 0 heterocycles. The van der Waals surface area contributed by atoms with Crippen LogP contribution >= 0.6 is 0 Å². The highest BCUT2D eigenvalue weighted by molar-refractivity contribution is 5.76. The smallest absolute Gasteiger partial charge is 0.167 e. The van der Waals surface area contributed by atoms with Crippen LogP contribution in [-0.2, 0) is 9.53 Å². The second-order valence-corrected chi connectivity index (χ2v) is 3.94. The maximum absolute atomic E-state index is 10.5. The third-order valence-electron chi connectivity index (χ3n) is 2.20. The van der Waals surface area contributed by atoms with Crippen LogP contribution in [0.5, 0.6) is 0 Å². The molecular weight excluding hydrogens is 188 g/mol. The highest BCUT2D eigenvalue weighted by atomic mass is 16.5. The van der Waals surface area contributed by atoms with Crippen molar-refractivity contribution in [2.24, 2.45) is 0 Å². The van der Waals surface area contributed by atoms with E-state index in [0.717, 1.165) is 6.42 Å². The quantitative estimate of drug-likeness (QED) is 0.406. The Bertz CT molecular complexity index is 173. The second-order valence-electron chi connectivity index (χ2n) is 3.94. The van der Waals surface area contributed by atoms with Gasteiger partial charge in [-0.25, -0.2) is 0 Å². The molecule has 0 bridgehead atoms. The minimum atomic E-state index is 0.0687. The third-order valence-corrected chi connectivity index (χ3v) is 2.20. The van der Waals surface area contributed by atoms with E-state index in [0.29, 0.717) is 0 Å². The Balaban J connectivity index is 3.06. The van der Waals surface area contributed by atoms with Crippen LogP contribution in [0.15, 0.2) is 12.3 Å². The average molecular weight is 212 g/mol. The van der Waals surface area contributed by atoms with Crippen molar-refractivity contribution in [3.05, 3.63) is 12.3 Å². The Morgan fingerprint density at radius 3 is 2.47 bits per heavy atom. The van der Waals surface area contributed by atoms with E-state index in [4.69, 9.17) is 4.74 Å². The fourth-order valence-corrected chi connectivity index (χ4v) is 1.34. The molecule has 0 aliphatic heterocycles. The highest BCUT2D eigenvalue weighted by Crippen LogP contribution is 2.06. The summed E-state index contributed by atoms with van der Waals surface area (Å²) < 4.78 is 5.01. The molecule has 0 N–H and O–H groups in total. The van der Waals surface area contributed by atoms with E-state index < -0.39 is 0 Å². The monoisotopic (exact) mass is 212 g/mol. The summed E-state index contributed by atoms with van der Waals surface area (Å²) in [5.41, 5.74) is 0. The Morgan fingerprint density at radius 2 is 1.80 bits per heavy atom. The molecule has 0 saturated carbocycles. The van der Waals surface area contributed by atoms with Crippen LogP contribution in [-0.4, -0.2) is 12.4 Å². The predicted molar refractivity (Wildman–Crippen MR) is 63.8 cm³/mol. The van der Waals surface area contributed by atoms with E-state index in [9.17, 15) is 4.79 Å². The van der Waals surface area contributed by atoms with E-state index in [-0.39, 0.29) is 12.4 Å². The van der Waals surface area contributed by atoms with Gasteiger partial charge in [-0.3, -0.25) is 4.79 Å². The van der Waals surface area contributed by atoms with Crippen LogP contribution in [0.2, 0.25) is 0 Å². The molecule has 2 heteroatoms. The number of hydrogen-bond donors (Lipinski definition) is 0. The molecule has 0 spiro atoms. The van der Waals surface area contributed by atoms with Gasteiger partial charge in [-0.2, -0.15) is 0 Å². The molecule has 0 saturated heterocycles. The van der Waals surface area contributed by atoms with Crippen molar-refractivity contribution in [3.63, 3.8) is 0 Å². The summed E-state index contributed by atoms with van der Waals surface area (Å²) in [5, 5.41) is 0. The zero-order valence-corrected chi connectivity index (χ0v) is 10.1. The Kier molecular flexibility index (Phi) is 10.7. The first-order chi connectivity index (χ1) is 7.27. The molecule has 0 aliphatic carbocycles. The van der Waals surface area contributed by atoms with Gasteiger partial charge in [0.15, 0.2) is 5.78 Å². The average Bonchev–Trinajstić information content (AvgIpc) is 2.20. The summed E-state index contributed by atoms with van der Waals surface area (Å²) in [5.74, 6) is 0.0687. The third kappa shape index (κ3) is 13.2. The molecule has 2 nitrogen and oxygen atoms in total. The lowest BCUT2D eigenvalue weighted by atomic mass is 10.1. The summed E-state index contributed by atoms with van der Waals surface area (Å²) in [6, 6.07) is 0. The maximum Gasteiger partial charge on any atom is 0.167 e. The van der Waals surface area contributed by atoms with Crippen molar-refractivity contribution < 1.29 is 9.53 Å². The number of hydrogen-bond acceptors (Lipinski definition) is 2. The van der Waals surface area contributed by atoms with Crippen molar-refractivity contribution in [1.82, 2.24) is 0 Å². The van der Waals surface area contributed by atoms with Crippen molar-refractivity contribution >= 4 is 5.78 Å². The van der Waals surface area contributed by atoms with Crippen LogP contribution < -0.4 is 0 Å². The summed E-state index contributed by atoms with van der Waals surface area (Å²) in [4.78, 5) is 10.5. The summed E-state index contributed by atoms with van der Waals surface area (Å²) >= 11 is 0. The van der Waals surface area contributed by atoms with Gasteiger partial charge in [-0.05, 0) is 25.8 Å². The first kappa shape index (κ1) is 14.2. The number of rotatable bonds is 10. The lowest BCUT2D eigenvalue weighted by Crippen LogP contribution is -1.98. The van der Waals surface area contributed by atoms with Crippen molar-refractivity contribution in [1.29, 1.82) is 0 Å². The molecule has 0 rings (SSSR count). The Morgan fingerprint density at radius 1 is 1.13 bits per heavy atom. The van der Waals surface area contributed by atoms with Crippen LogP contribution in [0.1, 0.15) is 58.8 Å². The Hall–Kier alpha value is -0.790. The van der Waals surface area contributed by atoms with E-state index in [1.54, 1.807) is 6.26 Å². The number of Topliss-reactive ketones (excluding diaryl/α,β-unsaturated/α-hetero) is 1. The van der Waals surface area contributed by atoms with Gasteiger partial charge < -0.3 is 4.74 Å². The standard InChI is InChI=1S/C13H24O2/c1-3-4-5-6-7-8-9-10-11-15-12-13(2)14/h10-11H,3-9,12H2,1-2H3. The molecular formula is C13H24O2. The summed E-state index contributed by atoms with van der Waals surface area (Å²) in [6.07, 6.45) is 12.6. The zero-order chi connectivity index (χ0) is 11.4. The summed E-state index contributed by atoms with van der Waals surface area (Å²) in [7, 11) is 0. The largest absolute Gasteiger partial charge is 0.494 e. The van der Waals surface area contributed by atoms with Crippen LogP contribution in [0, 0.1) is 0 Å². The molecule has 15 heavy (non-hydrogen) atoms. The lowest BCUT2D eigenvalue weighted by molar-refractivity contribution is -0.119. The number of allylic oxidation sites excluding steroid dienone is 1. The predicted octanol–water partition coefficient (Wildman–Crippen LogP) is 3.86. The van der Waals surface area contributed by atoms with Gasteiger partial charge in [0, 0.05) is 0 Å². The number of unbranched alkanes of at least 4 members (excludes halogenated alkanes) is 6. The SMILES string of the molecule is CCCCCCCCC=COCC(C)=O. The Labute approximate surface area is 93.7 Å². The first-order valence-corrected chi connectivity index (χ1v) is 6.03. The topological polar surface area (TPSA) is 26.3 Å². The van der Waals surface area contributed by atoms with Gasteiger partial charge in [0.05, 0.1) is 6.26 Å². The van der Waals surface area contributed by atoms with Gasteiger partial charge in [0.1, 0.15) is 6.61 Å². The molecule has 0 aromatic rings. The minimum Gasteiger partial charge on any atom is -0.494 e. The van der Waals surface area contributed by atoms with Crippen molar-refractivity contribution in [2.45, 2.75) is 58.8 Å². The number of ether oxygens (including phenoxy) is 1. The van der Waals surface area contributed by atoms with E-state index in [1.165, 1.54) is 45.4 Å².